The number of nitrogens with zero attached hydrogens (tertiary/aromatic N) is 3. The molecule has 1 aliphatic rings. The average Bonchev–Trinajstić information content (AvgIpc) is 3.10. The molecular formula is C12H18N4O3. The van der Waals surface area contributed by atoms with Crippen LogP contribution in [0.25, 0.3) is 0 Å². The molecule has 1 aromatic heterocycles. The van der Waals surface area contributed by atoms with Crippen molar-refractivity contribution in [3.63, 3.8) is 0 Å². The number of amides is 1. The van der Waals surface area contributed by atoms with Crippen molar-refractivity contribution in [2.75, 3.05) is 0 Å². The molecule has 1 amide bonds. The molecule has 7 nitrogen and oxygen atoms in total. The van der Waals surface area contributed by atoms with Gasteiger partial charge in [0.05, 0.1) is 5.69 Å². The van der Waals surface area contributed by atoms with E-state index in [1.165, 1.54) is 4.68 Å². The van der Waals surface area contributed by atoms with Gasteiger partial charge in [0.25, 0.3) is 0 Å². The van der Waals surface area contributed by atoms with Crippen LogP contribution in [-0.4, -0.2) is 38.0 Å². The largest absolute Gasteiger partial charge is 0.476 e. The van der Waals surface area contributed by atoms with E-state index in [4.69, 9.17) is 5.11 Å². The van der Waals surface area contributed by atoms with Crippen LogP contribution in [0.4, 0.5) is 0 Å². The van der Waals surface area contributed by atoms with Crippen molar-refractivity contribution in [3.05, 3.63) is 11.4 Å². The monoisotopic (exact) mass is 266 g/mol. The van der Waals surface area contributed by atoms with Gasteiger partial charge < -0.3 is 10.4 Å². The van der Waals surface area contributed by atoms with Crippen LogP contribution in [0.3, 0.4) is 0 Å². The van der Waals surface area contributed by atoms with E-state index in [1.54, 1.807) is 0 Å². The number of carbonyl (C=O) groups excluding carboxylic acids is 1. The molecule has 0 spiro atoms. The number of hydrogen-bond donors (Lipinski definition) is 2. The summed E-state index contributed by atoms with van der Waals surface area (Å²) in [5.41, 5.74) is 0.547. The van der Waals surface area contributed by atoms with Crippen LogP contribution in [0.2, 0.25) is 0 Å². The Kier molecular flexibility index (Phi) is 3.82. The third-order valence-corrected chi connectivity index (χ3v) is 3.25. The molecule has 0 aliphatic heterocycles. The Labute approximate surface area is 111 Å². The van der Waals surface area contributed by atoms with E-state index in [0.717, 1.165) is 19.3 Å². The molecule has 104 valence electrons. The molecule has 0 bridgehead atoms. The quantitative estimate of drug-likeness (QED) is 0.792. The Morgan fingerprint density at radius 2 is 2.21 bits per heavy atom. The van der Waals surface area contributed by atoms with Gasteiger partial charge in [0.1, 0.15) is 6.54 Å². The lowest BCUT2D eigenvalue weighted by molar-refractivity contribution is -0.122. The van der Waals surface area contributed by atoms with E-state index in [0.29, 0.717) is 5.69 Å². The van der Waals surface area contributed by atoms with Crippen LogP contribution in [0.5, 0.6) is 0 Å². The highest BCUT2D eigenvalue weighted by Gasteiger charge is 2.34. The van der Waals surface area contributed by atoms with Crippen molar-refractivity contribution in [1.82, 2.24) is 20.3 Å². The minimum absolute atomic E-state index is 0.0243. The first kappa shape index (κ1) is 13.5. The lowest BCUT2D eigenvalue weighted by Crippen LogP contribution is -2.35. The Morgan fingerprint density at radius 3 is 2.74 bits per heavy atom. The molecular weight excluding hydrogens is 248 g/mol. The summed E-state index contributed by atoms with van der Waals surface area (Å²) < 4.78 is 1.42. The summed E-state index contributed by atoms with van der Waals surface area (Å²) in [6, 6.07) is 0.0966. The predicted molar refractivity (Wildman–Crippen MR) is 66.9 cm³/mol. The number of aromatic nitrogens is 3. The summed E-state index contributed by atoms with van der Waals surface area (Å²) in [7, 11) is 0. The molecule has 1 unspecified atom stereocenters. The molecule has 1 aromatic rings. The molecule has 1 atom stereocenters. The maximum Gasteiger partial charge on any atom is 0.358 e. The molecule has 19 heavy (non-hydrogen) atoms. The second kappa shape index (κ2) is 5.38. The van der Waals surface area contributed by atoms with Crippen LogP contribution in [0.1, 0.15) is 55.2 Å². The molecule has 1 heterocycles. The maximum atomic E-state index is 11.8. The van der Waals surface area contributed by atoms with Gasteiger partial charge in [0.2, 0.25) is 5.91 Å². The molecule has 0 radical (unpaired) electrons. The van der Waals surface area contributed by atoms with E-state index >= 15 is 0 Å². The van der Waals surface area contributed by atoms with Crippen LogP contribution in [-0.2, 0) is 11.3 Å². The molecule has 1 aliphatic carbocycles. The zero-order valence-corrected chi connectivity index (χ0v) is 11.1. The average molecular weight is 266 g/mol. The molecule has 0 aromatic carbocycles. The number of aromatic carboxylic acids is 1. The Hall–Kier alpha value is -1.92. The minimum atomic E-state index is -1.09. The molecule has 1 fully saturated rings. The Balaban J connectivity index is 2.12. The first-order chi connectivity index (χ1) is 9.02. The second-order valence-electron chi connectivity index (χ2n) is 4.94. The van der Waals surface area contributed by atoms with Crippen LogP contribution in [0, 0.1) is 0 Å². The highest BCUT2D eigenvalue weighted by molar-refractivity contribution is 5.87. The van der Waals surface area contributed by atoms with Crippen LogP contribution < -0.4 is 5.32 Å². The van der Waals surface area contributed by atoms with Crippen molar-refractivity contribution < 1.29 is 14.7 Å². The molecule has 0 saturated heterocycles. The minimum Gasteiger partial charge on any atom is -0.476 e. The van der Waals surface area contributed by atoms with Gasteiger partial charge in [-0.25, -0.2) is 9.48 Å². The fourth-order valence-corrected chi connectivity index (χ4v) is 1.91. The van der Waals surface area contributed by atoms with E-state index < -0.39 is 5.97 Å². The van der Waals surface area contributed by atoms with E-state index in [-0.39, 0.29) is 30.1 Å². The third kappa shape index (κ3) is 3.10. The van der Waals surface area contributed by atoms with Crippen molar-refractivity contribution >= 4 is 11.9 Å². The number of rotatable bonds is 6. The van der Waals surface area contributed by atoms with E-state index in [9.17, 15) is 9.59 Å². The van der Waals surface area contributed by atoms with Crippen molar-refractivity contribution in [2.45, 2.75) is 51.6 Å². The lowest BCUT2D eigenvalue weighted by Gasteiger charge is -2.12. The van der Waals surface area contributed by atoms with E-state index in [2.05, 4.69) is 15.6 Å². The topological polar surface area (TPSA) is 97.1 Å². The van der Waals surface area contributed by atoms with Crippen molar-refractivity contribution in [1.29, 1.82) is 0 Å². The van der Waals surface area contributed by atoms with E-state index in [1.807, 2.05) is 13.8 Å². The number of nitrogens with one attached hydrogen (secondary N) is 1. The fourth-order valence-electron chi connectivity index (χ4n) is 1.91. The SMILES string of the molecule is CCC(C)NC(=O)Cn1nnc(C(=O)O)c1C1CC1. The van der Waals surface area contributed by atoms with Gasteiger partial charge in [-0.15, -0.1) is 5.10 Å². The summed E-state index contributed by atoms with van der Waals surface area (Å²) in [5, 5.41) is 19.3. The zero-order valence-electron chi connectivity index (χ0n) is 11.1. The molecule has 1 saturated carbocycles. The van der Waals surface area contributed by atoms with Gasteiger partial charge in [0, 0.05) is 12.0 Å². The van der Waals surface area contributed by atoms with Crippen LogP contribution >= 0.6 is 0 Å². The first-order valence-corrected chi connectivity index (χ1v) is 6.49. The normalized spacial score (nSPS) is 16.1. The first-order valence-electron chi connectivity index (χ1n) is 6.49. The van der Waals surface area contributed by atoms with Gasteiger partial charge in [-0.2, -0.15) is 0 Å². The third-order valence-electron chi connectivity index (χ3n) is 3.25. The summed E-state index contributed by atoms with van der Waals surface area (Å²) in [5.74, 6) is -1.08. The van der Waals surface area contributed by atoms with Crippen molar-refractivity contribution in [2.24, 2.45) is 0 Å². The molecule has 7 heteroatoms. The number of hydrogen-bond acceptors (Lipinski definition) is 4. The Morgan fingerprint density at radius 1 is 1.53 bits per heavy atom. The zero-order chi connectivity index (χ0) is 14.0. The maximum absolute atomic E-state index is 11.8. The van der Waals surface area contributed by atoms with Gasteiger partial charge in [-0.1, -0.05) is 12.1 Å². The lowest BCUT2D eigenvalue weighted by atomic mass is 10.2. The standard InChI is InChI=1S/C12H18N4O3/c1-3-7(2)13-9(17)6-16-11(8-4-5-8)10(12(18)19)14-15-16/h7-8H,3-6H2,1-2H3,(H,13,17)(H,18,19). The fraction of sp³-hybridized carbons (Fsp3) is 0.667. The smallest absolute Gasteiger partial charge is 0.358 e. The summed E-state index contributed by atoms with van der Waals surface area (Å²) in [6.45, 7) is 3.93. The Bertz CT molecular complexity index is 493. The number of carboxylic acids is 1. The number of carboxylic acid groups (broad SMARTS) is 1. The second-order valence-corrected chi connectivity index (χ2v) is 4.94. The summed E-state index contributed by atoms with van der Waals surface area (Å²) >= 11 is 0. The molecule has 2 N–H and O–H groups in total. The highest BCUT2D eigenvalue weighted by atomic mass is 16.4. The predicted octanol–water partition coefficient (Wildman–Crippen LogP) is 0.768. The number of carbonyl (C=O) groups is 2. The van der Waals surface area contributed by atoms with Gasteiger partial charge in [-0.3, -0.25) is 4.79 Å². The van der Waals surface area contributed by atoms with Gasteiger partial charge >= 0.3 is 5.97 Å². The highest BCUT2D eigenvalue weighted by Crippen LogP contribution is 2.41. The van der Waals surface area contributed by atoms with Crippen molar-refractivity contribution in [3.8, 4) is 0 Å². The summed E-state index contributed by atoms with van der Waals surface area (Å²) in [6.07, 6.45) is 2.71. The van der Waals surface area contributed by atoms with Gasteiger partial charge in [-0.05, 0) is 26.2 Å². The summed E-state index contributed by atoms with van der Waals surface area (Å²) in [4.78, 5) is 22.9. The van der Waals surface area contributed by atoms with Crippen LogP contribution in [0.15, 0.2) is 0 Å². The van der Waals surface area contributed by atoms with Gasteiger partial charge in [0.15, 0.2) is 5.69 Å². The molecule has 2 rings (SSSR count).